The summed E-state index contributed by atoms with van der Waals surface area (Å²) in [5, 5.41) is 9.76. The Labute approximate surface area is 84.0 Å². The predicted octanol–water partition coefficient (Wildman–Crippen LogP) is 2.87. The highest BCUT2D eigenvalue weighted by molar-refractivity contribution is 9.10. The van der Waals surface area contributed by atoms with E-state index < -0.39 is 0 Å². The first-order chi connectivity index (χ1) is 6.31. The average Bonchev–Trinajstić information content (AvgIpc) is 2.16. The Morgan fingerprint density at radius 2 is 2.23 bits per heavy atom. The zero-order valence-corrected chi connectivity index (χ0v) is 8.25. The molecule has 0 N–H and O–H groups in total. The van der Waals surface area contributed by atoms with Crippen molar-refractivity contribution in [3.05, 3.63) is 40.5 Å². The summed E-state index contributed by atoms with van der Waals surface area (Å²) in [5.41, 5.74) is 1.49. The van der Waals surface area contributed by atoms with Crippen molar-refractivity contribution >= 4 is 26.8 Å². The summed E-state index contributed by atoms with van der Waals surface area (Å²) in [5.74, 6) is 0. The smallest absolute Gasteiger partial charge is 0.0999 e. The van der Waals surface area contributed by atoms with Crippen LogP contribution in [0.1, 0.15) is 5.56 Å². The van der Waals surface area contributed by atoms with Crippen LogP contribution in [0.5, 0.6) is 0 Å². The predicted molar refractivity (Wildman–Crippen MR) is 54.2 cm³/mol. The molecule has 1 aromatic carbocycles. The molecular formula is C10H5BrN2. The second-order valence-corrected chi connectivity index (χ2v) is 3.55. The van der Waals surface area contributed by atoms with Gasteiger partial charge in [-0.15, -0.1) is 0 Å². The normalized spacial score (nSPS) is 9.85. The molecule has 2 nitrogen and oxygen atoms in total. The molecule has 0 atom stereocenters. The Hall–Kier alpha value is -1.40. The van der Waals surface area contributed by atoms with Gasteiger partial charge in [0.1, 0.15) is 0 Å². The van der Waals surface area contributed by atoms with Gasteiger partial charge in [0.25, 0.3) is 0 Å². The first-order valence-electron chi connectivity index (χ1n) is 3.75. The van der Waals surface area contributed by atoms with E-state index in [0.29, 0.717) is 5.56 Å². The zero-order chi connectivity index (χ0) is 9.26. The maximum absolute atomic E-state index is 8.86. The van der Waals surface area contributed by atoms with Crippen molar-refractivity contribution in [2.24, 2.45) is 0 Å². The van der Waals surface area contributed by atoms with Gasteiger partial charge in [-0.1, -0.05) is 15.9 Å². The molecule has 0 radical (unpaired) electrons. The number of pyridine rings is 1. The lowest BCUT2D eigenvalue weighted by Crippen LogP contribution is -1.82. The molecule has 2 rings (SSSR count). The molecule has 3 heteroatoms. The Bertz CT molecular complexity index is 500. The van der Waals surface area contributed by atoms with Crippen molar-refractivity contribution in [1.82, 2.24) is 4.98 Å². The molecule has 0 bridgehead atoms. The van der Waals surface area contributed by atoms with Crippen LogP contribution in [0, 0.1) is 11.3 Å². The molecule has 1 heterocycles. The number of fused-ring (bicyclic) bond motifs is 1. The standard InChI is InChI=1S/C10H5BrN2/c11-8-4-7(6-12)9-2-1-3-13-10(9)5-8/h1-5H. The molecule has 0 aliphatic heterocycles. The van der Waals surface area contributed by atoms with Gasteiger partial charge in [0, 0.05) is 16.1 Å². The molecule has 0 saturated carbocycles. The van der Waals surface area contributed by atoms with E-state index in [2.05, 4.69) is 27.0 Å². The number of hydrogen-bond donors (Lipinski definition) is 0. The lowest BCUT2D eigenvalue weighted by atomic mass is 10.1. The van der Waals surface area contributed by atoms with Gasteiger partial charge in [0.15, 0.2) is 0 Å². The molecule has 1 aromatic heterocycles. The molecule has 0 aliphatic carbocycles. The maximum atomic E-state index is 8.86. The van der Waals surface area contributed by atoms with Gasteiger partial charge >= 0.3 is 0 Å². The van der Waals surface area contributed by atoms with E-state index in [-0.39, 0.29) is 0 Å². The zero-order valence-electron chi connectivity index (χ0n) is 6.66. The lowest BCUT2D eigenvalue weighted by molar-refractivity contribution is 1.40. The van der Waals surface area contributed by atoms with Gasteiger partial charge in [-0.3, -0.25) is 4.98 Å². The SMILES string of the molecule is N#Cc1cc(Br)cc2ncccc12. The minimum atomic E-state index is 0.650. The number of halogens is 1. The molecule has 62 valence electrons. The van der Waals surface area contributed by atoms with E-state index in [4.69, 9.17) is 5.26 Å². The van der Waals surface area contributed by atoms with Gasteiger partial charge in [0.2, 0.25) is 0 Å². The third-order valence-corrected chi connectivity index (χ3v) is 2.26. The van der Waals surface area contributed by atoms with Crippen LogP contribution in [0.25, 0.3) is 10.9 Å². The number of hydrogen-bond acceptors (Lipinski definition) is 2. The van der Waals surface area contributed by atoms with Crippen LogP contribution < -0.4 is 0 Å². The third kappa shape index (κ3) is 1.41. The summed E-state index contributed by atoms with van der Waals surface area (Å²) in [7, 11) is 0. The topological polar surface area (TPSA) is 36.7 Å². The fourth-order valence-electron chi connectivity index (χ4n) is 1.24. The van der Waals surface area contributed by atoms with Crippen molar-refractivity contribution in [3.63, 3.8) is 0 Å². The number of benzene rings is 1. The molecule has 0 fully saturated rings. The van der Waals surface area contributed by atoms with Crippen LogP contribution in [0.15, 0.2) is 34.9 Å². The summed E-state index contributed by atoms with van der Waals surface area (Å²) >= 11 is 3.33. The van der Waals surface area contributed by atoms with Crippen LogP contribution in [0.4, 0.5) is 0 Å². The van der Waals surface area contributed by atoms with Crippen LogP contribution in [-0.4, -0.2) is 4.98 Å². The quantitative estimate of drug-likeness (QED) is 0.701. The molecule has 0 aliphatic rings. The summed E-state index contributed by atoms with van der Waals surface area (Å²) < 4.78 is 0.884. The molecule has 0 spiro atoms. The largest absolute Gasteiger partial charge is 0.256 e. The third-order valence-electron chi connectivity index (χ3n) is 1.81. The van der Waals surface area contributed by atoms with Gasteiger partial charge in [0.05, 0.1) is 17.1 Å². The average molecular weight is 233 g/mol. The van der Waals surface area contributed by atoms with Crippen LogP contribution in [-0.2, 0) is 0 Å². The van der Waals surface area contributed by atoms with Crippen molar-refractivity contribution in [2.75, 3.05) is 0 Å². The molecular weight excluding hydrogens is 228 g/mol. The molecule has 0 saturated heterocycles. The second kappa shape index (κ2) is 3.15. The molecule has 13 heavy (non-hydrogen) atoms. The first kappa shape index (κ1) is 8.21. The second-order valence-electron chi connectivity index (χ2n) is 2.64. The fraction of sp³-hybridized carbons (Fsp3) is 0. The van der Waals surface area contributed by atoms with E-state index >= 15 is 0 Å². The summed E-state index contributed by atoms with van der Waals surface area (Å²) in [6.07, 6.45) is 1.72. The highest BCUT2D eigenvalue weighted by atomic mass is 79.9. The monoisotopic (exact) mass is 232 g/mol. The van der Waals surface area contributed by atoms with E-state index in [1.165, 1.54) is 0 Å². The van der Waals surface area contributed by atoms with Crippen molar-refractivity contribution in [3.8, 4) is 6.07 Å². The number of aromatic nitrogens is 1. The number of rotatable bonds is 0. The van der Waals surface area contributed by atoms with E-state index in [9.17, 15) is 0 Å². The Balaban J connectivity index is 2.91. The molecule has 2 aromatic rings. The summed E-state index contributed by atoms with van der Waals surface area (Å²) in [6.45, 7) is 0. The number of nitriles is 1. The Morgan fingerprint density at radius 1 is 1.38 bits per heavy atom. The van der Waals surface area contributed by atoms with Crippen molar-refractivity contribution in [2.45, 2.75) is 0 Å². The maximum Gasteiger partial charge on any atom is 0.0999 e. The Kier molecular flexibility index (Phi) is 1.99. The number of nitrogens with zero attached hydrogens (tertiary/aromatic N) is 2. The summed E-state index contributed by atoms with van der Waals surface area (Å²) in [6, 6.07) is 9.56. The van der Waals surface area contributed by atoms with Gasteiger partial charge in [-0.25, -0.2) is 0 Å². The van der Waals surface area contributed by atoms with Crippen molar-refractivity contribution in [1.29, 1.82) is 5.26 Å². The molecule has 0 unspecified atom stereocenters. The molecule has 0 amide bonds. The van der Waals surface area contributed by atoms with E-state index in [0.717, 1.165) is 15.4 Å². The Morgan fingerprint density at radius 3 is 3.00 bits per heavy atom. The van der Waals surface area contributed by atoms with Gasteiger partial charge in [-0.05, 0) is 24.3 Å². The van der Waals surface area contributed by atoms with E-state index in [1.807, 2.05) is 18.2 Å². The minimum Gasteiger partial charge on any atom is -0.256 e. The lowest BCUT2D eigenvalue weighted by Gasteiger charge is -1.99. The minimum absolute atomic E-state index is 0.650. The van der Waals surface area contributed by atoms with Crippen LogP contribution >= 0.6 is 15.9 Å². The summed E-state index contributed by atoms with van der Waals surface area (Å²) in [4.78, 5) is 4.17. The van der Waals surface area contributed by atoms with E-state index in [1.54, 1.807) is 12.3 Å². The first-order valence-corrected chi connectivity index (χ1v) is 4.55. The highest BCUT2D eigenvalue weighted by Gasteiger charge is 2.01. The van der Waals surface area contributed by atoms with Crippen LogP contribution in [0.3, 0.4) is 0 Å². The van der Waals surface area contributed by atoms with Crippen molar-refractivity contribution < 1.29 is 0 Å². The highest BCUT2D eigenvalue weighted by Crippen LogP contribution is 2.21. The van der Waals surface area contributed by atoms with Gasteiger partial charge < -0.3 is 0 Å². The fourth-order valence-corrected chi connectivity index (χ4v) is 1.69. The van der Waals surface area contributed by atoms with Crippen LogP contribution in [0.2, 0.25) is 0 Å². The van der Waals surface area contributed by atoms with Gasteiger partial charge in [-0.2, -0.15) is 5.26 Å².